The third-order valence-corrected chi connectivity index (χ3v) is 4.79. The lowest BCUT2D eigenvalue weighted by molar-refractivity contribution is 0.564. The number of nitrogens with zero attached hydrogens (tertiary/aromatic N) is 2. The van der Waals surface area contributed by atoms with Crippen LogP contribution in [0.15, 0.2) is 22.7 Å². The summed E-state index contributed by atoms with van der Waals surface area (Å²) in [5.41, 5.74) is 1.31. The van der Waals surface area contributed by atoms with Gasteiger partial charge in [0.05, 0.1) is 20.2 Å². The smallest absolute Gasteiger partial charge is 0.162 e. The van der Waals surface area contributed by atoms with Crippen molar-refractivity contribution in [1.29, 1.82) is 0 Å². The van der Waals surface area contributed by atoms with Crippen molar-refractivity contribution in [3.8, 4) is 11.4 Å². The average Bonchev–Trinajstić information content (AvgIpc) is 2.34. The summed E-state index contributed by atoms with van der Waals surface area (Å²) in [6.45, 7) is 6.17. The summed E-state index contributed by atoms with van der Waals surface area (Å²) in [4.78, 5) is 8.87. The third kappa shape index (κ3) is 3.11. The second-order valence-corrected chi connectivity index (χ2v) is 7.29. The lowest BCUT2D eigenvalue weighted by atomic mass is 9.92. The van der Waals surface area contributed by atoms with Crippen LogP contribution < -0.4 is 0 Å². The first-order chi connectivity index (χ1) is 9.21. The topological polar surface area (TPSA) is 25.8 Å². The van der Waals surface area contributed by atoms with Gasteiger partial charge in [0.15, 0.2) is 5.82 Å². The molecule has 0 spiro atoms. The summed E-state index contributed by atoms with van der Waals surface area (Å²) < 4.78 is 0.702. The van der Waals surface area contributed by atoms with Crippen LogP contribution >= 0.6 is 50.7 Å². The fourth-order valence-electron chi connectivity index (χ4n) is 1.71. The molecule has 2 rings (SSSR count). The minimum absolute atomic E-state index is 0.175. The van der Waals surface area contributed by atoms with Crippen LogP contribution in [0.2, 0.25) is 15.2 Å². The molecule has 0 aliphatic rings. The van der Waals surface area contributed by atoms with Gasteiger partial charge < -0.3 is 0 Å². The van der Waals surface area contributed by atoms with Gasteiger partial charge in [0.1, 0.15) is 5.15 Å². The maximum Gasteiger partial charge on any atom is 0.162 e. The fourth-order valence-corrected chi connectivity index (χ4v) is 3.04. The zero-order chi connectivity index (χ0) is 15.1. The molecule has 1 aromatic carbocycles. The standard InChI is InChI=1S/C14H12BrCl3N2/c1-14(2,3)11-9(15)12(18)20-13(19-11)7-5-4-6-8(16)10(7)17/h4-6H,1-3H3. The Morgan fingerprint density at radius 3 is 2.30 bits per heavy atom. The Balaban J connectivity index is 2.71. The molecule has 0 amide bonds. The SMILES string of the molecule is CC(C)(C)c1nc(-c2cccc(Cl)c2Cl)nc(Cl)c1Br. The fraction of sp³-hybridized carbons (Fsp3) is 0.286. The molecule has 0 bridgehead atoms. The van der Waals surface area contributed by atoms with Crippen LogP contribution in [0.1, 0.15) is 26.5 Å². The normalized spacial score (nSPS) is 11.8. The Labute approximate surface area is 141 Å². The van der Waals surface area contributed by atoms with E-state index in [4.69, 9.17) is 34.8 Å². The predicted octanol–water partition coefficient (Wildman–Crippen LogP) is 6.16. The highest BCUT2D eigenvalue weighted by Crippen LogP contribution is 2.37. The molecule has 0 atom stereocenters. The van der Waals surface area contributed by atoms with Crippen molar-refractivity contribution in [1.82, 2.24) is 9.97 Å². The Morgan fingerprint density at radius 2 is 1.70 bits per heavy atom. The quantitative estimate of drug-likeness (QED) is 0.541. The molecule has 1 aromatic heterocycles. The van der Waals surface area contributed by atoms with E-state index in [9.17, 15) is 0 Å². The van der Waals surface area contributed by atoms with E-state index in [2.05, 4.69) is 46.7 Å². The van der Waals surface area contributed by atoms with Gasteiger partial charge in [-0.1, -0.05) is 61.6 Å². The molecule has 2 nitrogen and oxygen atoms in total. The molecule has 0 unspecified atom stereocenters. The molecular formula is C14H12BrCl3N2. The largest absolute Gasteiger partial charge is 0.231 e. The van der Waals surface area contributed by atoms with Crippen LogP contribution in [0, 0.1) is 0 Å². The molecule has 0 N–H and O–H groups in total. The van der Waals surface area contributed by atoms with Gasteiger partial charge in [0.25, 0.3) is 0 Å². The number of rotatable bonds is 1. The highest BCUT2D eigenvalue weighted by atomic mass is 79.9. The monoisotopic (exact) mass is 392 g/mol. The molecule has 20 heavy (non-hydrogen) atoms. The highest BCUT2D eigenvalue weighted by Gasteiger charge is 2.23. The van der Waals surface area contributed by atoms with Crippen molar-refractivity contribution in [2.45, 2.75) is 26.2 Å². The predicted molar refractivity (Wildman–Crippen MR) is 88.9 cm³/mol. The minimum atomic E-state index is -0.175. The van der Waals surface area contributed by atoms with Gasteiger partial charge >= 0.3 is 0 Å². The average molecular weight is 395 g/mol. The zero-order valence-electron chi connectivity index (χ0n) is 11.1. The van der Waals surface area contributed by atoms with E-state index in [1.165, 1.54) is 0 Å². The summed E-state index contributed by atoms with van der Waals surface area (Å²) in [6.07, 6.45) is 0. The minimum Gasteiger partial charge on any atom is -0.231 e. The number of halogens is 4. The zero-order valence-corrected chi connectivity index (χ0v) is 15.0. The van der Waals surface area contributed by atoms with E-state index in [-0.39, 0.29) is 5.41 Å². The Hall–Kier alpha value is -0.350. The van der Waals surface area contributed by atoms with Gasteiger partial charge in [-0.05, 0) is 28.1 Å². The van der Waals surface area contributed by atoms with E-state index in [1.54, 1.807) is 12.1 Å². The molecule has 6 heteroatoms. The van der Waals surface area contributed by atoms with E-state index < -0.39 is 0 Å². The van der Waals surface area contributed by atoms with Crippen LogP contribution in [0.25, 0.3) is 11.4 Å². The van der Waals surface area contributed by atoms with Crippen LogP contribution in [-0.4, -0.2) is 9.97 Å². The van der Waals surface area contributed by atoms with Gasteiger partial charge in [-0.3, -0.25) is 0 Å². The van der Waals surface area contributed by atoms with E-state index >= 15 is 0 Å². The second kappa shape index (κ2) is 5.80. The third-order valence-electron chi connectivity index (χ3n) is 2.71. The lowest BCUT2D eigenvalue weighted by Crippen LogP contribution is -2.16. The van der Waals surface area contributed by atoms with Gasteiger partial charge in [0.2, 0.25) is 0 Å². The number of hydrogen-bond acceptors (Lipinski definition) is 2. The molecule has 106 valence electrons. The number of benzene rings is 1. The summed E-state index contributed by atoms with van der Waals surface area (Å²) >= 11 is 21.9. The van der Waals surface area contributed by atoms with E-state index in [0.717, 1.165) is 5.69 Å². The summed E-state index contributed by atoms with van der Waals surface area (Å²) in [7, 11) is 0. The summed E-state index contributed by atoms with van der Waals surface area (Å²) in [6, 6.07) is 5.35. The highest BCUT2D eigenvalue weighted by molar-refractivity contribution is 9.10. The molecule has 1 heterocycles. The van der Waals surface area contributed by atoms with Crippen LogP contribution in [0.4, 0.5) is 0 Å². The molecule has 0 radical (unpaired) electrons. The first-order valence-corrected chi connectivity index (χ1v) is 7.82. The molecule has 0 aliphatic heterocycles. The van der Waals surface area contributed by atoms with Gasteiger partial charge in [0, 0.05) is 11.0 Å². The first-order valence-electron chi connectivity index (χ1n) is 5.89. The second-order valence-electron chi connectivity index (χ2n) is 5.35. The van der Waals surface area contributed by atoms with Gasteiger partial charge in [-0.25, -0.2) is 9.97 Å². The molecule has 2 aromatic rings. The van der Waals surface area contributed by atoms with Crippen molar-refractivity contribution in [2.75, 3.05) is 0 Å². The summed E-state index contributed by atoms with van der Waals surface area (Å²) in [5, 5.41) is 1.24. The molecule has 0 fully saturated rings. The van der Waals surface area contributed by atoms with Crippen molar-refractivity contribution in [3.05, 3.63) is 43.6 Å². The molecule has 0 saturated heterocycles. The lowest BCUT2D eigenvalue weighted by Gasteiger charge is -2.20. The number of aromatic nitrogens is 2. The molecule has 0 saturated carbocycles. The Morgan fingerprint density at radius 1 is 1.05 bits per heavy atom. The van der Waals surface area contributed by atoms with E-state index in [1.807, 2.05) is 6.07 Å². The van der Waals surface area contributed by atoms with Crippen LogP contribution in [0.3, 0.4) is 0 Å². The first kappa shape index (κ1) is 16.0. The van der Waals surface area contributed by atoms with E-state index in [0.29, 0.717) is 31.1 Å². The van der Waals surface area contributed by atoms with Crippen molar-refractivity contribution in [3.63, 3.8) is 0 Å². The Bertz CT molecular complexity index is 666. The van der Waals surface area contributed by atoms with Gasteiger partial charge in [-0.2, -0.15) is 0 Å². The van der Waals surface area contributed by atoms with Crippen molar-refractivity contribution < 1.29 is 0 Å². The maximum absolute atomic E-state index is 6.22. The summed E-state index contributed by atoms with van der Waals surface area (Å²) in [5.74, 6) is 0.468. The van der Waals surface area contributed by atoms with Crippen LogP contribution in [-0.2, 0) is 5.41 Å². The van der Waals surface area contributed by atoms with Crippen LogP contribution in [0.5, 0.6) is 0 Å². The van der Waals surface area contributed by atoms with Gasteiger partial charge in [-0.15, -0.1) is 0 Å². The van der Waals surface area contributed by atoms with Crippen molar-refractivity contribution in [2.24, 2.45) is 0 Å². The maximum atomic E-state index is 6.22. The molecular weight excluding hydrogens is 382 g/mol. The van der Waals surface area contributed by atoms with Crippen molar-refractivity contribution >= 4 is 50.7 Å². The number of hydrogen-bond donors (Lipinski definition) is 0. The Kier molecular flexibility index (Phi) is 4.65. The molecule has 0 aliphatic carbocycles.